The fourth-order valence-corrected chi connectivity index (χ4v) is 2.08. The molecule has 2 heteroatoms. The number of rotatable bonds is 6. The first-order chi connectivity index (χ1) is 5.68. The van der Waals surface area contributed by atoms with E-state index < -0.39 is 0 Å². The van der Waals surface area contributed by atoms with Crippen LogP contribution < -0.4 is 0 Å². The molecule has 1 nitrogen and oxygen atoms in total. The summed E-state index contributed by atoms with van der Waals surface area (Å²) in [5, 5.41) is 1.16. The molecule has 0 atom stereocenters. The topological polar surface area (TPSA) is 9.23 Å². The van der Waals surface area contributed by atoms with Crippen LogP contribution in [0.15, 0.2) is 0 Å². The lowest BCUT2D eigenvalue weighted by atomic mass is 10.1. The summed E-state index contributed by atoms with van der Waals surface area (Å²) in [7, 11) is 0. The van der Waals surface area contributed by atoms with Crippen LogP contribution in [0.2, 0.25) is 0 Å². The molecule has 0 saturated heterocycles. The molecule has 0 bridgehead atoms. The maximum absolute atomic E-state index is 5.55. The third-order valence-corrected chi connectivity index (χ3v) is 3.66. The number of ether oxygens (including phenoxy) is 1. The fraction of sp³-hybridized carbons (Fsp3) is 1.00. The molecule has 0 unspecified atom stereocenters. The van der Waals surface area contributed by atoms with Crippen molar-refractivity contribution in [2.75, 3.05) is 18.5 Å². The van der Waals surface area contributed by atoms with E-state index in [1.165, 1.54) is 19.3 Å². The van der Waals surface area contributed by atoms with Gasteiger partial charge in [0.1, 0.15) is 0 Å². The summed E-state index contributed by atoms with van der Waals surface area (Å²) in [5.41, 5.74) is 0.622. The van der Waals surface area contributed by atoms with E-state index in [-0.39, 0.29) is 0 Å². The van der Waals surface area contributed by atoms with Gasteiger partial charge in [-0.1, -0.05) is 29.8 Å². The normalized spacial score (nSPS) is 20.0. The van der Waals surface area contributed by atoms with Crippen LogP contribution in [0, 0.1) is 11.3 Å². The van der Waals surface area contributed by atoms with Crippen molar-refractivity contribution < 1.29 is 4.74 Å². The predicted molar refractivity (Wildman–Crippen MR) is 55.7 cm³/mol. The minimum atomic E-state index is 0.622. The molecule has 1 fully saturated rings. The minimum Gasteiger partial charge on any atom is -0.381 e. The maximum Gasteiger partial charge on any atom is 0.0488 e. The zero-order valence-electron chi connectivity index (χ0n) is 8.11. The zero-order chi connectivity index (χ0) is 9.03. The quantitative estimate of drug-likeness (QED) is 0.507. The van der Waals surface area contributed by atoms with Crippen LogP contribution in [0.3, 0.4) is 0 Å². The van der Waals surface area contributed by atoms with E-state index in [0.29, 0.717) is 11.3 Å². The van der Waals surface area contributed by atoms with Crippen molar-refractivity contribution >= 4 is 15.9 Å². The maximum atomic E-state index is 5.55. The van der Waals surface area contributed by atoms with Gasteiger partial charge in [0.25, 0.3) is 0 Å². The lowest BCUT2D eigenvalue weighted by Crippen LogP contribution is -2.09. The van der Waals surface area contributed by atoms with Crippen LogP contribution in [0.4, 0.5) is 0 Å². The molecule has 1 saturated carbocycles. The van der Waals surface area contributed by atoms with Gasteiger partial charge in [0.05, 0.1) is 0 Å². The van der Waals surface area contributed by atoms with Gasteiger partial charge in [-0.2, -0.15) is 0 Å². The van der Waals surface area contributed by atoms with Crippen molar-refractivity contribution in [3.05, 3.63) is 0 Å². The summed E-state index contributed by atoms with van der Waals surface area (Å²) in [4.78, 5) is 0. The molecule has 72 valence electrons. The van der Waals surface area contributed by atoms with Gasteiger partial charge >= 0.3 is 0 Å². The second-order valence-corrected chi connectivity index (χ2v) is 4.91. The molecule has 1 aliphatic rings. The molecule has 0 aromatic rings. The highest BCUT2D eigenvalue weighted by Gasteiger charge is 2.40. The molecule has 0 aromatic carbocycles. The van der Waals surface area contributed by atoms with Crippen molar-refractivity contribution in [1.29, 1.82) is 0 Å². The van der Waals surface area contributed by atoms with Gasteiger partial charge in [-0.05, 0) is 30.6 Å². The summed E-state index contributed by atoms with van der Waals surface area (Å²) >= 11 is 3.56. The van der Waals surface area contributed by atoms with E-state index in [2.05, 4.69) is 29.8 Å². The average Bonchev–Trinajstić information content (AvgIpc) is 2.79. The van der Waals surface area contributed by atoms with E-state index in [0.717, 1.165) is 18.5 Å². The van der Waals surface area contributed by atoms with Crippen LogP contribution in [0.25, 0.3) is 0 Å². The number of alkyl halides is 1. The Morgan fingerprint density at radius 2 is 2.08 bits per heavy atom. The second kappa shape index (κ2) is 4.61. The van der Waals surface area contributed by atoms with Gasteiger partial charge in [-0.25, -0.2) is 0 Å². The highest BCUT2D eigenvalue weighted by Crippen LogP contribution is 2.49. The Kier molecular flexibility index (Phi) is 4.04. The highest BCUT2D eigenvalue weighted by molar-refractivity contribution is 9.09. The summed E-state index contributed by atoms with van der Waals surface area (Å²) in [5.74, 6) is 0.670. The van der Waals surface area contributed by atoms with Gasteiger partial charge in [0, 0.05) is 18.5 Å². The molecular formula is C10H19BrO. The first-order valence-corrected chi connectivity index (χ1v) is 5.94. The molecular weight excluding hydrogens is 216 g/mol. The molecule has 0 N–H and O–H groups in total. The predicted octanol–water partition coefficient (Wildman–Crippen LogP) is 3.22. The molecule has 0 radical (unpaired) electrons. The Hall–Kier alpha value is 0.440. The Labute approximate surface area is 84.0 Å². The molecule has 0 heterocycles. The van der Waals surface area contributed by atoms with Crippen LogP contribution in [-0.4, -0.2) is 18.5 Å². The van der Waals surface area contributed by atoms with Gasteiger partial charge in [0.15, 0.2) is 0 Å². The average molecular weight is 235 g/mol. The number of halogens is 1. The van der Waals surface area contributed by atoms with Gasteiger partial charge in [0.2, 0.25) is 0 Å². The van der Waals surface area contributed by atoms with E-state index in [1.807, 2.05) is 0 Å². The number of hydrogen-bond acceptors (Lipinski definition) is 1. The second-order valence-electron chi connectivity index (χ2n) is 4.35. The van der Waals surface area contributed by atoms with Crippen molar-refractivity contribution in [2.24, 2.45) is 11.3 Å². The van der Waals surface area contributed by atoms with Crippen molar-refractivity contribution in [1.82, 2.24) is 0 Å². The highest BCUT2D eigenvalue weighted by atomic mass is 79.9. The van der Waals surface area contributed by atoms with Crippen LogP contribution in [-0.2, 0) is 4.74 Å². The molecule has 0 aliphatic heterocycles. The molecule has 12 heavy (non-hydrogen) atoms. The van der Waals surface area contributed by atoms with Crippen molar-refractivity contribution in [3.63, 3.8) is 0 Å². The van der Waals surface area contributed by atoms with Crippen LogP contribution in [0.1, 0.15) is 33.1 Å². The van der Waals surface area contributed by atoms with Crippen molar-refractivity contribution in [2.45, 2.75) is 33.1 Å². The standard InChI is InChI=1S/C10H19BrO/c1-9(2)7-12-6-5-10(8-11)3-4-10/h9H,3-8H2,1-2H3. The summed E-state index contributed by atoms with van der Waals surface area (Å²) < 4.78 is 5.55. The Balaban J connectivity index is 1.95. The lowest BCUT2D eigenvalue weighted by molar-refractivity contribution is 0.0975. The monoisotopic (exact) mass is 234 g/mol. The van der Waals surface area contributed by atoms with Gasteiger partial charge < -0.3 is 4.74 Å². The Morgan fingerprint density at radius 1 is 1.42 bits per heavy atom. The van der Waals surface area contributed by atoms with Crippen LogP contribution >= 0.6 is 15.9 Å². The van der Waals surface area contributed by atoms with Gasteiger partial charge in [-0.15, -0.1) is 0 Å². The largest absolute Gasteiger partial charge is 0.381 e. The third-order valence-electron chi connectivity index (χ3n) is 2.47. The van der Waals surface area contributed by atoms with Crippen LogP contribution in [0.5, 0.6) is 0 Å². The fourth-order valence-electron chi connectivity index (χ4n) is 1.23. The zero-order valence-corrected chi connectivity index (χ0v) is 9.69. The van der Waals surface area contributed by atoms with E-state index >= 15 is 0 Å². The Bertz CT molecular complexity index is 130. The third kappa shape index (κ3) is 3.44. The summed E-state index contributed by atoms with van der Waals surface area (Å²) in [6.07, 6.45) is 4.03. The molecule has 0 amide bonds. The molecule has 1 aliphatic carbocycles. The summed E-state index contributed by atoms with van der Waals surface area (Å²) in [6.45, 7) is 6.25. The first-order valence-electron chi connectivity index (χ1n) is 4.82. The first kappa shape index (κ1) is 10.5. The van der Waals surface area contributed by atoms with E-state index in [4.69, 9.17) is 4.74 Å². The van der Waals surface area contributed by atoms with Crippen molar-refractivity contribution in [3.8, 4) is 0 Å². The summed E-state index contributed by atoms with van der Waals surface area (Å²) in [6, 6.07) is 0. The molecule has 1 rings (SSSR count). The SMILES string of the molecule is CC(C)COCCC1(CBr)CC1. The molecule has 0 spiro atoms. The Morgan fingerprint density at radius 3 is 2.50 bits per heavy atom. The van der Waals surface area contributed by atoms with E-state index in [1.54, 1.807) is 0 Å². The van der Waals surface area contributed by atoms with Gasteiger partial charge in [-0.3, -0.25) is 0 Å². The molecule has 0 aromatic heterocycles. The lowest BCUT2D eigenvalue weighted by Gasteiger charge is -2.12. The number of hydrogen-bond donors (Lipinski definition) is 0. The smallest absolute Gasteiger partial charge is 0.0488 e. The minimum absolute atomic E-state index is 0.622. The van der Waals surface area contributed by atoms with E-state index in [9.17, 15) is 0 Å².